The van der Waals surface area contributed by atoms with E-state index in [4.69, 9.17) is 0 Å². The van der Waals surface area contributed by atoms with E-state index >= 15 is 0 Å². The third-order valence-electron chi connectivity index (χ3n) is 2.12. The quantitative estimate of drug-likeness (QED) is 0.510. The van der Waals surface area contributed by atoms with Crippen LogP contribution in [0.15, 0.2) is 0 Å². The Kier molecular flexibility index (Phi) is 4.88. The molecule has 0 unspecified atom stereocenters. The van der Waals surface area contributed by atoms with Crippen molar-refractivity contribution in [1.82, 2.24) is 0 Å². The Morgan fingerprint density at radius 2 is 1.05 bits per heavy atom. The fourth-order valence-corrected chi connectivity index (χ4v) is 0.983. The average Bonchev–Trinajstić information content (AvgIpc) is 2.27. The van der Waals surface area contributed by atoms with Crippen LogP contribution in [0.5, 0.6) is 0 Å². The molecule has 0 atom stereocenters. The molecule has 14 heteroatoms. The Bertz CT molecular complexity index is 416. The summed E-state index contributed by atoms with van der Waals surface area (Å²) in [6.07, 6.45) is -5.59. The highest BCUT2D eigenvalue weighted by Crippen LogP contribution is 2.58. The molecule has 0 bridgehead atoms. The van der Waals surface area contributed by atoms with E-state index in [2.05, 4.69) is 11.6 Å². The van der Waals surface area contributed by atoms with Crippen LogP contribution >= 0.6 is 11.6 Å². The number of carbonyl (C=O) groups is 1. The summed E-state index contributed by atoms with van der Waals surface area (Å²) in [4.78, 5) is 9.89. The molecule has 1 nitrogen and oxygen atoms in total. The maximum Gasteiger partial charge on any atom is 0.388 e. The summed E-state index contributed by atoms with van der Waals surface area (Å²) in [5.74, 6) is -36.6. The molecule has 0 spiro atoms. The van der Waals surface area contributed by atoms with Gasteiger partial charge in [-0.3, -0.25) is 4.79 Å². The summed E-state index contributed by atoms with van der Waals surface area (Å²) in [5, 5.41) is -3.58. The van der Waals surface area contributed by atoms with Gasteiger partial charge in [-0.25, -0.2) is 8.78 Å². The summed E-state index contributed by atoms with van der Waals surface area (Å²) in [5.41, 5.74) is 0. The molecule has 0 aromatic rings. The fraction of sp³-hybridized carbons (Fsp3) is 0.857. The second-order valence-electron chi connectivity index (χ2n) is 3.49. The van der Waals surface area contributed by atoms with Crippen LogP contribution in [0.2, 0.25) is 0 Å². The number of hydrogen-bond acceptors (Lipinski definition) is 1. The molecule has 0 aliphatic rings. The zero-order valence-electron chi connectivity index (χ0n) is 8.90. The number of rotatable bonds is 6. The predicted octanol–water partition coefficient (Wildman–Crippen LogP) is 4.19. The predicted molar refractivity (Wildman–Crippen MR) is 41.6 cm³/mol. The lowest BCUT2D eigenvalue weighted by Gasteiger charge is -2.38. The fourth-order valence-electron chi connectivity index (χ4n) is 0.864. The van der Waals surface area contributed by atoms with Gasteiger partial charge in [0.15, 0.2) is 0 Å². The van der Waals surface area contributed by atoms with E-state index in [9.17, 15) is 57.5 Å². The number of hydrogen-bond donors (Lipinski definition) is 0. The zero-order valence-corrected chi connectivity index (χ0v) is 9.66. The van der Waals surface area contributed by atoms with Crippen LogP contribution in [0.1, 0.15) is 0 Å². The van der Waals surface area contributed by atoms with Crippen molar-refractivity contribution in [3.05, 3.63) is 0 Å². The van der Waals surface area contributed by atoms with Gasteiger partial charge in [0, 0.05) is 0 Å². The first-order valence-electron chi connectivity index (χ1n) is 4.26. The van der Waals surface area contributed by atoms with Crippen molar-refractivity contribution < 1.29 is 57.5 Å². The van der Waals surface area contributed by atoms with Gasteiger partial charge in [-0.05, 0) is 11.6 Å². The lowest BCUT2D eigenvalue weighted by atomic mass is 9.95. The van der Waals surface area contributed by atoms with Crippen LogP contribution in [0.25, 0.3) is 0 Å². The molecular weight excluding hydrogens is 364 g/mol. The summed E-state index contributed by atoms with van der Waals surface area (Å²) < 4.78 is 148. The topological polar surface area (TPSA) is 17.1 Å². The van der Waals surface area contributed by atoms with Gasteiger partial charge < -0.3 is 0 Å². The van der Waals surface area contributed by atoms with Crippen LogP contribution in [0.4, 0.5) is 52.7 Å². The summed E-state index contributed by atoms with van der Waals surface area (Å²) in [7, 11) is 0. The van der Waals surface area contributed by atoms with Crippen molar-refractivity contribution in [1.29, 1.82) is 0 Å². The van der Waals surface area contributed by atoms with Gasteiger partial charge in [0.1, 0.15) is 0 Å². The minimum atomic E-state index is -7.73. The highest BCUT2D eigenvalue weighted by molar-refractivity contribution is 6.65. The molecule has 0 aliphatic heterocycles. The van der Waals surface area contributed by atoms with Crippen LogP contribution in [0, 0.1) is 0 Å². The molecule has 0 fully saturated rings. The van der Waals surface area contributed by atoms with Gasteiger partial charge in [0.05, 0.1) is 0 Å². The smallest absolute Gasteiger partial charge is 0.274 e. The molecule has 126 valence electrons. The van der Waals surface area contributed by atoms with Crippen LogP contribution in [-0.2, 0) is 4.79 Å². The number of halogens is 13. The third kappa shape index (κ3) is 2.52. The van der Waals surface area contributed by atoms with Crippen LogP contribution in [-0.4, -0.2) is 41.3 Å². The van der Waals surface area contributed by atoms with Gasteiger partial charge in [-0.2, -0.15) is 43.9 Å². The van der Waals surface area contributed by atoms with Gasteiger partial charge >= 0.3 is 36.0 Å². The van der Waals surface area contributed by atoms with E-state index in [1.54, 1.807) is 0 Å². The van der Waals surface area contributed by atoms with Crippen molar-refractivity contribution in [2.75, 3.05) is 0 Å². The Labute approximate surface area is 111 Å². The van der Waals surface area contributed by atoms with E-state index in [-0.39, 0.29) is 0 Å². The summed E-state index contributed by atoms with van der Waals surface area (Å²) >= 11 is 3.80. The van der Waals surface area contributed by atoms with E-state index < -0.39 is 41.3 Å². The van der Waals surface area contributed by atoms with Crippen molar-refractivity contribution in [2.24, 2.45) is 0 Å². The molecule has 0 aromatic heterocycles. The first-order chi connectivity index (χ1) is 8.89. The van der Waals surface area contributed by atoms with Crippen LogP contribution < -0.4 is 0 Å². The van der Waals surface area contributed by atoms with Crippen molar-refractivity contribution in [2.45, 2.75) is 36.0 Å². The van der Waals surface area contributed by atoms with E-state index in [1.807, 2.05) is 0 Å². The molecular formula is C7HClF12O. The highest BCUT2D eigenvalue weighted by Gasteiger charge is 2.88. The first kappa shape index (κ1) is 20.1. The highest BCUT2D eigenvalue weighted by atomic mass is 35.5. The molecule has 0 amide bonds. The molecule has 21 heavy (non-hydrogen) atoms. The van der Waals surface area contributed by atoms with E-state index in [1.165, 1.54) is 0 Å². The molecule has 0 saturated heterocycles. The Morgan fingerprint density at radius 3 is 1.29 bits per heavy atom. The summed E-state index contributed by atoms with van der Waals surface area (Å²) in [6, 6.07) is 0. The van der Waals surface area contributed by atoms with E-state index in [0.717, 1.165) is 0 Å². The lowest BCUT2D eigenvalue weighted by Crippen LogP contribution is -2.69. The Morgan fingerprint density at radius 1 is 0.714 bits per heavy atom. The summed E-state index contributed by atoms with van der Waals surface area (Å²) in [6.45, 7) is 0. The average molecular weight is 365 g/mol. The van der Waals surface area contributed by atoms with Crippen molar-refractivity contribution >= 4 is 16.8 Å². The first-order valence-corrected chi connectivity index (χ1v) is 4.64. The molecule has 0 radical (unpaired) electrons. The molecule has 0 rings (SSSR count). The van der Waals surface area contributed by atoms with E-state index in [0.29, 0.717) is 0 Å². The molecule has 0 heterocycles. The van der Waals surface area contributed by atoms with Gasteiger partial charge in [-0.1, -0.05) is 0 Å². The SMILES string of the molecule is O=C(Cl)C(F)(F)C(F)(F)C(F)(F)C(F)(F)C(F)(F)C(F)F. The maximum absolute atomic E-state index is 12.7. The van der Waals surface area contributed by atoms with Gasteiger partial charge in [0.2, 0.25) is 0 Å². The number of carbonyl (C=O) groups excluding carboxylic acids is 1. The second kappa shape index (κ2) is 5.09. The maximum atomic E-state index is 12.7. The third-order valence-corrected chi connectivity index (χ3v) is 2.36. The molecule has 0 N–H and O–H groups in total. The Balaban J connectivity index is 6.15. The molecule has 0 saturated carbocycles. The monoisotopic (exact) mass is 364 g/mol. The Hall–Kier alpha value is -0.880. The second-order valence-corrected chi connectivity index (χ2v) is 3.84. The van der Waals surface area contributed by atoms with Crippen LogP contribution in [0.3, 0.4) is 0 Å². The van der Waals surface area contributed by atoms with Crippen molar-refractivity contribution in [3.8, 4) is 0 Å². The lowest BCUT2D eigenvalue weighted by molar-refractivity contribution is -0.406. The molecule has 0 aliphatic carbocycles. The van der Waals surface area contributed by atoms with Crippen molar-refractivity contribution in [3.63, 3.8) is 0 Å². The normalized spacial score (nSPS) is 15.5. The standard InChI is InChI=1S/C7HClF12O/c8-1(21)3(11,12)5(15,16)7(19,20)6(17,18)4(13,14)2(9)10/h2H. The molecule has 0 aromatic carbocycles. The van der Waals surface area contributed by atoms with Gasteiger partial charge in [-0.15, -0.1) is 0 Å². The van der Waals surface area contributed by atoms with Gasteiger partial charge in [0.25, 0.3) is 5.24 Å². The zero-order chi connectivity index (χ0) is 17.7. The largest absolute Gasteiger partial charge is 0.388 e. The minimum absolute atomic E-state index is 3.58. The minimum Gasteiger partial charge on any atom is -0.274 e. The number of alkyl halides is 12.